The zero-order valence-corrected chi connectivity index (χ0v) is 15.5. The standard InChI is InChI=1S/C19H20N4O2S/c1-21-18-14(23(19(21)25)11-17(24)22-7-2-8-22)9-13(10-20-18)16-6-5-15(26-16)12-3-4-12/h5-6,9-10,12H,2-4,7-8,11H2,1H3. The van der Waals surface area contributed by atoms with Crippen molar-refractivity contribution in [1.29, 1.82) is 0 Å². The van der Waals surface area contributed by atoms with E-state index in [2.05, 4.69) is 17.1 Å². The van der Waals surface area contributed by atoms with Crippen LogP contribution in [-0.4, -0.2) is 38.0 Å². The molecular formula is C19H20N4O2S. The lowest BCUT2D eigenvalue weighted by Gasteiger charge is -2.30. The molecule has 1 saturated carbocycles. The Morgan fingerprint density at radius 2 is 2.12 bits per heavy atom. The fourth-order valence-corrected chi connectivity index (χ4v) is 4.62. The van der Waals surface area contributed by atoms with Gasteiger partial charge in [0.2, 0.25) is 5.91 Å². The number of carbonyl (C=O) groups is 1. The van der Waals surface area contributed by atoms with Crippen molar-refractivity contribution in [3.05, 3.63) is 39.8 Å². The van der Waals surface area contributed by atoms with Gasteiger partial charge in [0.15, 0.2) is 5.65 Å². The number of hydrogen-bond acceptors (Lipinski definition) is 4. The Morgan fingerprint density at radius 1 is 1.31 bits per heavy atom. The molecule has 0 atom stereocenters. The first kappa shape index (κ1) is 15.8. The number of fused-ring (bicyclic) bond motifs is 1. The Morgan fingerprint density at radius 3 is 2.81 bits per heavy atom. The fourth-order valence-electron chi connectivity index (χ4n) is 3.46. The molecule has 2 aliphatic rings. The van der Waals surface area contributed by atoms with Crippen LogP contribution < -0.4 is 5.69 Å². The third-order valence-electron chi connectivity index (χ3n) is 5.37. The first-order valence-electron chi connectivity index (χ1n) is 9.05. The number of thiophene rings is 1. The molecule has 1 saturated heterocycles. The van der Waals surface area contributed by atoms with Crippen molar-refractivity contribution >= 4 is 28.4 Å². The maximum Gasteiger partial charge on any atom is 0.330 e. The predicted molar refractivity (Wildman–Crippen MR) is 101 cm³/mol. The molecule has 4 heterocycles. The van der Waals surface area contributed by atoms with Gasteiger partial charge in [0, 0.05) is 41.7 Å². The highest BCUT2D eigenvalue weighted by atomic mass is 32.1. The van der Waals surface area contributed by atoms with Gasteiger partial charge in [-0.3, -0.25) is 13.9 Å². The molecule has 6 nitrogen and oxygen atoms in total. The van der Waals surface area contributed by atoms with Crippen LogP contribution >= 0.6 is 11.3 Å². The van der Waals surface area contributed by atoms with Crippen LogP contribution in [0.25, 0.3) is 21.6 Å². The average molecular weight is 368 g/mol. The Bertz CT molecular complexity index is 1070. The minimum absolute atomic E-state index is 0.00314. The molecule has 2 fully saturated rings. The molecular weight excluding hydrogens is 348 g/mol. The lowest BCUT2D eigenvalue weighted by molar-refractivity contribution is -0.135. The van der Waals surface area contributed by atoms with Crippen molar-refractivity contribution in [3.8, 4) is 10.4 Å². The Kier molecular flexibility index (Phi) is 3.53. The van der Waals surface area contributed by atoms with Crippen LogP contribution in [0.15, 0.2) is 29.2 Å². The number of aromatic nitrogens is 3. The Labute approximate surface area is 154 Å². The van der Waals surface area contributed by atoms with E-state index in [9.17, 15) is 9.59 Å². The minimum Gasteiger partial charge on any atom is -0.341 e. The first-order chi connectivity index (χ1) is 12.6. The van der Waals surface area contributed by atoms with Crippen LogP contribution in [0, 0.1) is 0 Å². The van der Waals surface area contributed by atoms with E-state index in [0.717, 1.165) is 36.5 Å². The van der Waals surface area contributed by atoms with Gasteiger partial charge in [0.25, 0.3) is 0 Å². The summed E-state index contributed by atoms with van der Waals surface area (Å²) in [6.07, 6.45) is 5.44. The van der Waals surface area contributed by atoms with E-state index in [1.807, 2.05) is 12.3 Å². The number of pyridine rings is 1. The highest BCUT2D eigenvalue weighted by Gasteiger charge is 2.26. The van der Waals surface area contributed by atoms with Crippen molar-refractivity contribution in [2.45, 2.75) is 31.7 Å². The Hall–Kier alpha value is -2.41. The van der Waals surface area contributed by atoms with Gasteiger partial charge < -0.3 is 4.90 Å². The van der Waals surface area contributed by atoms with Crippen molar-refractivity contribution in [1.82, 2.24) is 19.0 Å². The summed E-state index contributed by atoms with van der Waals surface area (Å²) >= 11 is 1.80. The Balaban J connectivity index is 1.56. The molecule has 1 amide bonds. The summed E-state index contributed by atoms with van der Waals surface area (Å²) in [5.74, 6) is 0.734. The SMILES string of the molecule is Cn1c(=O)n(CC(=O)N2CCC2)c2cc(-c3ccc(C4CC4)s3)cnc21. The highest BCUT2D eigenvalue weighted by molar-refractivity contribution is 7.15. The number of amides is 1. The molecule has 7 heteroatoms. The van der Waals surface area contributed by atoms with Gasteiger partial charge in [-0.05, 0) is 43.4 Å². The van der Waals surface area contributed by atoms with Crippen LogP contribution in [-0.2, 0) is 18.4 Å². The summed E-state index contributed by atoms with van der Waals surface area (Å²) in [5.41, 5.74) is 2.16. The lowest BCUT2D eigenvalue weighted by Crippen LogP contribution is -2.44. The van der Waals surface area contributed by atoms with E-state index in [-0.39, 0.29) is 18.1 Å². The molecule has 0 spiro atoms. The number of aryl methyl sites for hydroxylation is 1. The summed E-state index contributed by atoms with van der Waals surface area (Å²) in [6, 6.07) is 6.33. The smallest absolute Gasteiger partial charge is 0.330 e. The molecule has 0 unspecified atom stereocenters. The van der Waals surface area contributed by atoms with Gasteiger partial charge in [-0.15, -0.1) is 11.3 Å². The second-order valence-electron chi connectivity index (χ2n) is 7.21. The van der Waals surface area contributed by atoms with Gasteiger partial charge in [-0.2, -0.15) is 0 Å². The van der Waals surface area contributed by atoms with E-state index < -0.39 is 0 Å². The van der Waals surface area contributed by atoms with Crippen molar-refractivity contribution < 1.29 is 4.79 Å². The third kappa shape index (κ3) is 2.49. The normalized spacial score (nSPS) is 16.9. The quantitative estimate of drug-likeness (QED) is 0.711. The average Bonchev–Trinajstić information content (AvgIpc) is 3.28. The number of imidazole rings is 1. The molecule has 0 aromatic carbocycles. The summed E-state index contributed by atoms with van der Waals surface area (Å²) in [5, 5.41) is 0. The summed E-state index contributed by atoms with van der Waals surface area (Å²) in [6.45, 7) is 1.67. The number of carbonyl (C=O) groups excluding carboxylic acids is 1. The van der Waals surface area contributed by atoms with Crippen LogP contribution in [0.5, 0.6) is 0 Å². The lowest BCUT2D eigenvalue weighted by atomic mass is 10.2. The van der Waals surface area contributed by atoms with Crippen LogP contribution in [0.4, 0.5) is 0 Å². The number of rotatable bonds is 4. The molecule has 0 N–H and O–H groups in total. The van der Waals surface area contributed by atoms with E-state index in [1.165, 1.54) is 27.2 Å². The number of likely N-dealkylation sites (tertiary alicyclic amines) is 1. The van der Waals surface area contributed by atoms with Gasteiger partial charge in [0.05, 0.1) is 5.52 Å². The molecule has 5 rings (SSSR count). The van der Waals surface area contributed by atoms with E-state index >= 15 is 0 Å². The summed E-state index contributed by atoms with van der Waals surface area (Å²) in [4.78, 5) is 33.9. The topological polar surface area (TPSA) is 60.1 Å². The van der Waals surface area contributed by atoms with Gasteiger partial charge in [-0.1, -0.05) is 0 Å². The van der Waals surface area contributed by atoms with Gasteiger partial charge in [-0.25, -0.2) is 9.78 Å². The van der Waals surface area contributed by atoms with E-state index in [0.29, 0.717) is 5.65 Å². The molecule has 134 valence electrons. The fraction of sp³-hybridized carbons (Fsp3) is 0.421. The van der Waals surface area contributed by atoms with Crippen molar-refractivity contribution in [2.24, 2.45) is 7.05 Å². The van der Waals surface area contributed by atoms with Crippen molar-refractivity contribution in [2.75, 3.05) is 13.1 Å². The third-order valence-corrected chi connectivity index (χ3v) is 6.66. The zero-order valence-electron chi connectivity index (χ0n) is 14.6. The maximum absolute atomic E-state index is 12.6. The molecule has 0 radical (unpaired) electrons. The minimum atomic E-state index is -0.191. The molecule has 3 aromatic rings. The number of nitrogens with zero attached hydrogens (tertiary/aromatic N) is 4. The monoisotopic (exact) mass is 368 g/mol. The second-order valence-corrected chi connectivity index (χ2v) is 8.32. The predicted octanol–water partition coefficient (Wildman–Crippen LogP) is 2.57. The number of hydrogen-bond donors (Lipinski definition) is 0. The van der Waals surface area contributed by atoms with Crippen LogP contribution in [0.2, 0.25) is 0 Å². The summed E-state index contributed by atoms with van der Waals surface area (Å²) in [7, 11) is 1.71. The molecule has 1 aliphatic heterocycles. The van der Waals surface area contributed by atoms with E-state index in [1.54, 1.807) is 27.9 Å². The second kappa shape index (κ2) is 5.81. The highest BCUT2D eigenvalue weighted by Crippen LogP contribution is 2.45. The molecule has 3 aromatic heterocycles. The molecule has 26 heavy (non-hydrogen) atoms. The largest absolute Gasteiger partial charge is 0.341 e. The summed E-state index contributed by atoms with van der Waals surface area (Å²) < 4.78 is 3.08. The first-order valence-corrected chi connectivity index (χ1v) is 9.86. The van der Waals surface area contributed by atoms with Gasteiger partial charge in [0.1, 0.15) is 6.54 Å². The van der Waals surface area contributed by atoms with Gasteiger partial charge >= 0.3 is 5.69 Å². The van der Waals surface area contributed by atoms with Crippen LogP contribution in [0.3, 0.4) is 0 Å². The molecule has 0 bridgehead atoms. The van der Waals surface area contributed by atoms with Crippen molar-refractivity contribution in [3.63, 3.8) is 0 Å². The maximum atomic E-state index is 12.6. The van der Waals surface area contributed by atoms with E-state index in [4.69, 9.17) is 0 Å². The molecule has 1 aliphatic carbocycles. The van der Waals surface area contributed by atoms with Crippen LogP contribution in [0.1, 0.15) is 30.1 Å². The zero-order chi connectivity index (χ0) is 17.8.